The van der Waals surface area contributed by atoms with E-state index in [-0.39, 0.29) is 12.5 Å². The number of nitrogens with zero attached hydrogens (tertiary/aromatic N) is 3. The fraction of sp³-hybridized carbons (Fsp3) is 0.0909. The first-order valence-electron chi connectivity index (χ1n) is 9.06. The Balaban J connectivity index is 1.41. The van der Waals surface area contributed by atoms with Crippen LogP contribution in [0, 0.1) is 0 Å². The number of hydrogen-bond donors (Lipinski definition) is 1. The molecule has 0 spiro atoms. The molecule has 29 heavy (non-hydrogen) atoms. The number of carbonyl (C=O) groups is 1. The van der Waals surface area contributed by atoms with E-state index in [9.17, 15) is 4.79 Å². The van der Waals surface area contributed by atoms with Crippen molar-refractivity contribution in [2.24, 2.45) is 0 Å². The van der Waals surface area contributed by atoms with Crippen LogP contribution in [0.25, 0.3) is 11.4 Å². The minimum absolute atomic E-state index is 0.0622. The highest BCUT2D eigenvalue weighted by atomic mass is 16.5. The lowest BCUT2D eigenvalue weighted by Crippen LogP contribution is -2.23. The summed E-state index contributed by atoms with van der Waals surface area (Å²) in [5, 5.41) is 6.84. The molecule has 0 saturated heterocycles. The Morgan fingerprint density at radius 3 is 2.66 bits per heavy atom. The summed E-state index contributed by atoms with van der Waals surface area (Å²) in [7, 11) is 0. The minimum atomic E-state index is -0.236. The maximum Gasteiger partial charge on any atom is 0.264 e. The van der Waals surface area contributed by atoms with E-state index in [2.05, 4.69) is 20.4 Å². The van der Waals surface area contributed by atoms with Crippen LogP contribution < -0.4 is 10.1 Å². The van der Waals surface area contributed by atoms with Crippen molar-refractivity contribution in [2.75, 3.05) is 0 Å². The Kier molecular flexibility index (Phi) is 5.57. The molecule has 2 aromatic carbocycles. The van der Waals surface area contributed by atoms with Crippen LogP contribution in [0.15, 0.2) is 83.6 Å². The van der Waals surface area contributed by atoms with E-state index in [1.807, 2.05) is 42.5 Å². The Hall–Kier alpha value is -4.00. The highest BCUT2D eigenvalue weighted by Gasteiger charge is 2.14. The normalized spacial score (nSPS) is 10.5. The van der Waals surface area contributed by atoms with Gasteiger partial charge in [0.2, 0.25) is 5.82 Å². The highest BCUT2D eigenvalue weighted by molar-refractivity contribution is 5.96. The van der Waals surface area contributed by atoms with Crippen LogP contribution in [0.2, 0.25) is 0 Å². The maximum absolute atomic E-state index is 12.6. The Morgan fingerprint density at radius 2 is 1.83 bits per heavy atom. The van der Waals surface area contributed by atoms with Crippen LogP contribution in [0.1, 0.15) is 21.8 Å². The first-order chi connectivity index (χ1) is 14.3. The van der Waals surface area contributed by atoms with Gasteiger partial charge in [-0.05, 0) is 23.8 Å². The van der Waals surface area contributed by atoms with Gasteiger partial charge in [-0.25, -0.2) is 0 Å². The minimum Gasteiger partial charge on any atom is -0.483 e. The number of hydrogen-bond acceptors (Lipinski definition) is 6. The van der Waals surface area contributed by atoms with Crippen LogP contribution in [0.3, 0.4) is 0 Å². The molecule has 0 bridgehead atoms. The van der Waals surface area contributed by atoms with Gasteiger partial charge in [-0.3, -0.25) is 9.78 Å². The van der Waals surface area contributed by atoms with Gasteiger partial charge >= 0.3 is 0 Å². The molecule has 0 radical (unpaired) electrons. The second-order valence-electron chi connectivity index (χ2n) is 6.21. The molecule has 1 N–H and O–H groups in total. The fourth-order valence-electron chi connectivity index (χ4n) is 2.72. The zero-order valence-electron chi connectivity index (χ0n) is 15.5. The molecule has 7 nitrogen and oxygen atoms in total. The molecule has 4 rings (SSSR count). The molecule has 0 aliphatic carbocycles. The third kappa shape index (κ3) is 4.65. The molecule has 0 aliphatic rings. The van der Waals surface area contributed by atoms with Crippen LogP contribution in [0.4, 0.5) is 0 Å². The average Bonchev–Trinajstić information content (AvgIpc) is 3.27. The molecule has 144 valence electrons. The van der Waals surface area contributed by atoms with Crippen molar-refractivity contribution >= 4 is 5.91 Å². The average molecular weight is 386 g/mol. The Morgan fingerprint density at radius 1 is 1.00 bits per heavy atom. The summed E-state index contributed by atoms with van der Waals surface area (Å²) in [5.74, 6) is 1.02. The second kappa shape index (κ2) is 8.79. The second-order valence-corrected chi connectivity index (χ2v) is 6.21. The summed E-state index contributed by atoms with van der Waals surface area (Å²) in [6.07, 6.45) is 3.40. The van der Waals surface area contributed by atoms with Gasteiger partial charge in [-0.15, -0.1) is 0 Å². The lowest BCUT2D eigenvalue weighted by molar-refractivity contribution is 0.0945. The molecule has 7 heteroatoms. The fourth-order valence-corrected chi connectivity index (χ4v) is 2.72. The number of carbonyl (C=O) groups excluding carboxylic acids is 1. The maximum atomic E-state index is 12.6. The third-order valence-corrected chi connectivity index (χ3v) is 4.16. The zero-order chi connectivity index (χ0) is 19.9. The van der Waals surface area contributed by atoms with E-state index >= 15 is 0 Å². The van der Waals surface area contributed by atoms with Crippen LogP contribution in [0.5, 0.6) is 5.75 Å². The summed E-state index contributed by atoms with van der Waals surface area (Å²) in [4.78, 5) is 21.0. The molecule has 1 amide bonds. The largest absolute Gasteiger partial charge is 0.483 e. The molecule has 0 unspecified atom stereocenters. The Labute approximate surface area is 167 Å². The van der Waals surface area contributed by atoms with Gasteiger partial charge in [0.15, 0.2) is 6.61 Å². The van der Waals surface area contributed by atoms with E-state index in [4.69, 9.17) is 9.26 Å². The highest BCUT2D eigenvalue weighted by Crippen LogP contribution is 2.20. The van der Waals surface area contributed by atoms with Crippen molar-refractivity contribution in [3.05, 3.63) is 96.1 Å². The van der Waals surface area contributed by atoms with Gasteiger partial charge in [-0.1, -0.05) is 53.7 Å². The standard InChI is InChI=1S/C22H18N4O3/c27-22(24-14-16-7-6-12-23-13-16)18-10-4-5-11-19(18)28-15-20-25-21(26-29-20)17-8-2-1-3-9-17/h1-13H,14-15H2,(H,24,27). The van der Waals surface area contributed by atoms with Crippen LogP contribution >= 0.6 is 0 Å². The molecule has 0 saturated carbocycles. The predicted molar refractivity (Wildman–Crippen MR) is 106 cm³/mol. The van der Waals surface area contributed by atoms with Gasteiger partial charge in [0.1, 0.15) is 5.75 Å². The topological polar surface area (TPSA) is 90.1 Å². The Bertz CT molecular complexity index is 1080. The van der Waals surface area contributed by atoms with E-state index in [1.54, 1.807) is 36.7 Å². The molecule has 0 fully saturated rings. The van der Waals surface area contributed by atoms with Gasteiger partial charge in [-0.2, -0.15) is 4.98 Å². The van der Waals surface area contributed by atoms with Crippen molar-refractivity contribution < 1.29 is 14.1 Å². The van der Waals surface area contributed by atoms with Crippen molar-refractivity contribution in [1.29, 1.82) is 0 Å². The first kappa shape index (κ1) is 18.4. The number of ether oxygens (including phenoxy) is 1. The monoisotopic (exact) mass is 386 g/mol. The van der Waals surface area contributed by atoms with Crippen molar-refractivity contribution in [1.82, 2.24) is 20.4 Å². The van der Waals surface area contributed by atoms with Gasteiger partial charge in [0, 0.05) is 24.5 Å². The van der Waals surface area contributed by atoms with Crippen LogP contribution in [-0.4, -0.2) is 21.0 Å². The number of pyridine rings is 1. The van der Waals surface area contributed by atoms with Crippen LogP contribution in [-0.2, 0) is 13.2 Å². The van der Waals surface area contributed by atoms with E-state index in [0.29, 0.717) is 29.6 Å². The number of benzene rings is 2. The van der Waals surface area contributed by atoms with Crippen molar-refractivity contribution in [3.63, 3.8) is 0 Å². The zero-order valence-corrected chi connectivity index (χ0v) is 15.5. The van der Waals surface area contributed by atoms with Gasteiger partial charge in [0.05, 0.1) is 5.56 Å². The molecule has 0 aliphatic heterocycles. The summed E-state index contributed by atoms with van der Waals surface area (Å²) in [6.45, 7) is 0.442. The summed E-state index contributed by atoms with van der Waals surface area (Å²) < 4.78 is 11.0. The molecule has 4 aromatic rings. The molecular formula is C22H18N4O3. The van der Waals surface area contributed by atoms with Crippen molar-refractivity contribution in [3.8, 4) is 17.1 Å². The molecule has 0 atom stereocenters. The summed E-state index contributed by atoms with van der Waals surface area (Å²) >= 11 is 0. The number of nitrogens with one attached hydrogen (secondary N) is 1. The SMILES string of the molecule is O=C(NCc1cccnc1)c1ccccc1OCc1nc(-c2ccccc2)no1. The summed E-state index contributed by atoms with van der Waals surface area (Å²) in [6, 6.07) is 20.3. The lowest BCUT2D eigenvalue weighted by atomic mass is 10.2. The third-order valence-electron chi connectivity index (χ3n) is 4.16. The van der Waals surface area contributed by atoms with E-state index in [0.717, 1.165) is 11.1 Å². The first-order valence-corrected chi connectivity index (χ1v) is 9.06. The smallest absolute Gasteiger partial charge is 0.264 e. The summed E-state index contributed by atoms with van der Waals surface area (Å²) in [5.41, 5.74) is 2.20. The van der Waals surface area contributed by atoms with E-state index in [1.165, 1.54) is 0 Å². The number of aromatic nitrogens is 3. The van der Waals surface area contributed by atoms with Gasteiger partial charge < -0.3 is 14.6 Å². The molecular weight excluding hydrogens is 368 g/mol. The van der Waals surface area contributed by atoms with Crippen molar-refractivity contribution in [2.45, 2.75) is 13.2 Å². The molecule has 2 heterocycles. The number of rotatable bonds is 7. The quantitative estimate of drug-likeness (QED) is 0.521. The predicted octanol–water partition coefficient (Wildman–Crippen LogP) is 3.64. The van der Waals surface area contributed by atoms with Gasteiger partial charge in [0.25, 0.3) is 11.8 Å². The number of amides is 1. The lowest BCUT2D eigenvalue weighted by Gasteiger charge is -2.10. The molecule has 2 aromatic heterocycles. The number of para-hydroxylation sites is 1. The van der Waals surface area contributed by atoms with E-state index < -0.39 is 0 Å².